The van der Waals surface area contributed by atoms with Crippen LogP contribution in [0.25, 0.3) is 11.5 Å². The van der Waals surface area contributed by atoms with Gasteiger partial charge in [-0.3, -0.25) is 0 Å². The number of hydrogen-bond donors (Lipinski definition) is 1. The summed E-state index contributed by atoms with van der Waals surface area (Å²) in [6, 6.07) is 3.49. The van der Waals surface area contributed by atoms with Crippen molar-refractivity contribution >= 4 is 5.95 Å². The summed E-state index contributed by atoms with van der Waals surface area (Å²) in [5.74, 6) is -1.84. The van der Waals surface area contributed by atoms with E-state index in [1.807, 2.05) is 0 Å². The van der Waals surface area contributed by atoms with Gasteiger partial charge in [-0.25, -0.2) is 14.4 Å². The van der Waals surface area contributed by atoms with E-state index in [4.69, 9.17) is 4.42 Å². The van der Waals surface area contributed by atoms with Gasteiger partial charge in [-0.15, -0.1) is 10.2 Å². The highest BCUT2D eigenvalue weighted by atomic mass is 19.4. The minimum Gasteiger partial charge on any atom is -0.484 e. The zero-order valence-corrected chi connectivity index (χ0v) is 15.5. The normalized spacial score (nSPS) is 15.2. The first-order chi connectivity index (χ1) is 14.7. The van der Waals surface area contributed by atoms with Gasteiger partial charge in [0.1, 0.15) is 11.6 Å². The van der Waals surface area contributed by atoms with Crippen molar-refractivity contribution in [2.45, 2.75) is 31.0 Å². The quantitative estimate of drug-likeness (QED) is 0.530. The average Bonchev–Trinajstić information content (AvgIpc) is 3.30. The van der Waals surface area contributed by atoms with Crippen LogP contribution in [0, 0.1) is 5.82 Å². The third kappa shape index (κ3) is 4.70. The third-order valence-electron chi connectivity index (χ3n) is 4.49. The summed E-state index contributed by atoms with van der Waals surface area (Å²) in [4.78, 5) is 8.11. The van der Waals surface area contributed by atoms with Crippen LogP contribution in [0.3, 0.4) is 0 Å². The van der Waals surface area contributed by atoms with Crippen LogP contribution in [-0.4, -0.2) is 32.9 Å². The zero-order chi connectivity index (χ0) is 22.2. The van der Waals surface area contributed by atoms with Crippen molar-refractivity contribution in [2.24, 2.45) is 0 Å². The standard InChI is InChI=1S/C18H13F6N5O2/c19-12-5-10(30-8-18(22,23)24)1-2-11(12)17(3-4-17)27-16-25-6-9(7-26-16)14-28-29-15(31-14)13(20)21/h1-2,5-7,13H,3-4,8H2,(H,25,26,27). The molecule has 164 valence electrons. The number of ether oxygens (including phenoxy) is 1. The first kappa shape index (κ1) is 20.9. The molecule has 2 aromatic heterocycles. The lowest BCUT2D eigenvalue weighted by Gasteiger charge is -2.19. The molecule has 0 radical (unpaired) electrons. The fourth-order valence-electron chi connectivity index (χ4n) is 2.88. The Morgan fingerprint density at radius 3 is 2.39 bits per heavy atom. The van der Waals surface area contributed by atoms with Crippen molar-refractivity contribution in [3.63, 3.8) is 0 Å². The maximum Gasteiger partial charge on any atom is 0.422 e. The molecular weight excluding hydrogens is 432 g/mol. The number of halogens is 6. The van der Waals surface area contributed by atoms with Crippen molar-refractivity contribution < 1.29 is 35.5 Å². The Kier molecular flexibility index (Phi) is 5.19. The van der Waals surface area contributed by atoms with E-state index in [9.17, 15) is 26.3 Å². The highest BCUT2D eigenvalue weighted by Gasteiger charge is 2.47. The molecular formula is C18H13F6N5O2. The molecule has 0 spiro atoms. The molecule has 1 aliphatic carbocycles. The van der Waals surface area contributed by atoms with Crippen LogP contribution < -0.4 is 10.1 Å². The van der Waals surface area contributed by atoms with Gasteiger partial charge in [0.05, 0.1) is 11.1 Å². The maximum absolute atomic E-state index is 14.5. The molecule has 0 saturated heterocycles. The van der Waals surface area contributed by atoms with Crippen LogP contribution in [-0.2, 0) is 5.54 Å². The Morgan fingerprint density at radius 1 is 1.13 bits per heavy atom. The summed E-state index contributed by atoms with van der Waals surface area (Å²) < 4.78 is 85.7. The molecule has 1 saturated carbocycles. The van der Waals surface area contributed by atoms with Gasteiger partial charge < -0.3 is 14.5 Å². The lowest BCUT2D eigenvalue weighted by molar-refractivity contribution is -0.153. The van der Waals surface area contributed by atoms with E-state index in [0.29, 0.717) is 12.8 Å². The Bertz CT molecular complexity index is 1070. The second-order valence-corrected chi connectivity index (χ2v) is 6.79. The smallest absolute Gasteiger partial charge is 0.422 e. The number of hydrogen-bond acceptors (Lipinski definition) is 7. The highest BCUT2D eigenvalue weighted by molar-refractivity contribution is 5.51. The molecule has 0 bridgehead atoms. The number of aromatic nitrogens is 4. The molecule has 0 aliphatic heterocycles. The van der Waals surface area contributed by atoms with Crippen LogP contribution in [0.2, 0.25) is 0 Å². The van der Waals surface area contributed by atoms with Crippen molar-refractivity contribution in [1.82, 2.24) is 20.2 Å². The van der Waals surface area contributed by atoms with E-state index >= 15 is 0 Å². The third-order valence-corrected chi connectivity index (χ3v) is 4.49. The molecule has 0 unspecified atom stereocenters. The van der Waals surface area contributed by atoms with Crippen LogP contribution in [0.1, 0.15) is 30.7 Å². The molecule has 1 aliphatic rings. The summed E-state index contributed by atoms with van der Waals surface area (Å²) in [6.45, 7) is -1.52. The minimum atomic E-state index is -4.53. The summed E-state index contributed by atoms with van der Waals surface area (Å²) >= 11 is 0. The van der Waals surface area contributed by atoms with Crippen molar-refractivity contribution in [3.8, 4) is 17.2 Å². The van der Waals surface area contributed by atoms with Crippen LogP contribution in [0.15, 0.2) is 35.0 Å². The van der Waals surface area contributed by atoms with E-state index < -0.39 is 36.5 Å². The lowest BCUT2D eigenvalue weighted by Crippen LogP contribution is -2.22. The molecule has 13 heteroatoms. The predicted molar refractivity (Wildman–Crippen MR) is 92.8 cm³/mol. The van der Waals surface area contributed by atoms with Crippen molar-refractivity contribution in [2.75, 3.05) is 11.9 Å². The van der Waals surface area contributed by atoms with E-state index in [1.54, 1.807) is 0 Å². The van der Waals surface area contributed by atoms with E-state index in [-0.39, 0.29) is 28.7 Å². The first-order valence-corrected chi connectivity index (χ1v) is 8.87. The largest absolute Gasteiger partial charge is 0.484 e. The highest BCUT2D eigenvalue weighted by Crippen LogP contribution is 2.49. The van der Waals surface area contributed by atoms with E-state index in [1.165, 1.54) is 24.5 Å². The summed E-state index contributed by atoms with van der Waals surface area (Å²) in [5.41, 5.74) is -0.369. The molecule has 2 heterocycles. The molecule has 1 fully saturated rings. The fourth-order valence-corrected chi connectivity index (χ4v) is 2.88. The minimum absolute atomic E-state index is 0.131. The van der Waals surface area contributed by atoms with E-state index in [0.717, 1.165) is 6.07 Å². The Balaban J connectivity index is 1.46. The van der Waals surface area contributed by atoms with E-state index in [2.05, 4.69) is 30.2 Å². The second-order valence-electron chi connectivity index (χ2n) is 6.79. The number of rotatable bonds is 7. The molecule has 1 N–H and O–H groups in total. The molecule has 0 amide bonds. The van der Waals surface area contributed by atoms with Gasteiger partial charge in [-0.05, 0) is 18.9 Å². The number of alkyl halides is 5. The van der Waals surface area contributed by atoms with Gasteiger partial charge in [0, 0.05) is 24.0 Å². The molecule has 0 atom stereocenters. The van der Waals surface area contributed by atoms with Gasteiger partial charge in [0.25, 0.3) is 11.8 Å². The Hall–Kier alpha value is -3.38. The Morgan fingerprint density at radius 2 is 1.84 bits per heavy atom. The SMILES string of the molecule is Fc1cc(OCC(F)(F)F)ccc1C1(Nc2ncc(-c3nnc(C(F)F)o3)cn2)CC1. The number of nitrogens with zero attached hydrogens (tertiary/aromatic N) is 4. The van der Waals surface area contributed by atoms with Crippen LogP contribution >= 0.6 is 0 Å². The molecule has 7 nitrogen and oxygen atoms in total. The summed E-state index contributed by atoms with van der Waals surface area (Å²) in [7, 11) is 0. The number of benzene rings is 1. The van der Waals surface area contributed by atoms with Gasteiger partial charge >= 0.3 is 12.6 Å². The fraction of sp³-hybridized carbons (Fsp3) is 0.333. The second kappa shape index (κ2) is 7.71. The van der Waals surface area contributed by atoms with Gasteiger partial charge in [-0.1, -0.05) is 6.07 Å². The monoisotopic (exact) mass is 445 g/mol. The maximum atomic E-state index is 14.5. The number of nitrogens with one attached hydrogen (secondary N) is 1. The van der Waals surface area contributed by atoms with Gasteiger partial charge in [-0.2, -0.15) is 22.0 Å². The molecule has 1 aromatic carbocycles. The molecule has 3 aromatic rings. The average molecular weight is 445 g/mol. The number of anilines is 1. The van der Waals surface area contributed by atoms with Crippen molar-refractivity contribution in [3.05, 3.63) is 47.9 Å². The predicted octanol–water partition coefficient (Wildman–Crippen LogP) is 4.65. The van der Waals surface area contributed by atoms with Crippen molar-refractivity contribution in [1.29, 1.82) is 0 Å². The summed E-state index contributed by atoms with van der Waals surface area (Å²) in [5, 5.41) is 9.70. The van der Waals surface area contributed by atoms with Gasteiger partial charge in [0.2, 0.25) is 5.95 Å². The summed E-state index contributed by atoms with van der Waals surface area (Å²) in [6.07, 6.45) is -3.80. The molecule has 31 heavy (non-hydrogen) atoms. The Labute approximate surface area is 170 Å². The lowest BCUT2D eigenvalue weighted by atomic mass is 10.0. The van der Waals surface area contributed by atoms with Crippen LogP contribution in [0.4, 0.5) is 32.3 Å². The molecule has 4 rings (SSSR count). The van der Waals surface area contributed by atoms with Gasteiger partial charge in [0.15, 0.2) is 6.61 Å². The first-order valence-electron chi connectivity index (χ1n) is 8.87. The zero-order valence-electron chi connectivity index (χ0n) is 15.5. The topological polar surface area (TPSA) is 86.0 Å². The van der Waals surface area contributed by atoms with Crippen LogP contribution in [0.5, 0.6) is 5.75 Å².